The molecule has 0 radical (unpaired) electrons. The summed E-state index contributed by atoms with van der Waals surface area (Å²) in [6.45, 7) is 4.81. The molecule has 1 aromatic carbocycles. The van der Waals surface area contributed by atoms with Crippen molar-refractivity contribution in [1.29, 1.82) is 0 Å². The van der Waals surface area contributed by atoms with E-state index < -0.39 is 0 Å². The molecule has 0 fully saturated rings. The van der Waals surface area contributed by atoms with Crippen LogP contribution in [0.1, 0.15) is 30.3 Å². The van der Waals surface area contributed by atoms with Gasteiger partial charge in [-0.1, -0.05) is 36.7 Å². The van der Waals surface area contributed by atoms with Crippen LogP contribution in [0.4, 0.5) is 5.13 Å². The second kappa shape index (κ2) is 8.83. The van der Waals surface area contributed by atoms with Crippen molar-refractivity contribution in [3.8, 4) is 11.3 Å². The van der Waals surface area contributed by atoms with Crippen LogP contribution in [0.2, 0.25) is 5.02 Å². The predicted molar refractivity (Wildman–Crippen MR) is 130 cm³/mol. The molecule has 4 aromatic rings. The van der Waals surface area contributed by atoms with Crippen molar-refractivity contribution in [2.75, 3.05) is 18.4 Å². The Bertz CT molecular complexity index is 1240. The highest BCUT2D eigenvalue weighted by molar-refractivity contribution is 7.14. The molecule has 7 heteroatoms. The maximum absolute atomic E-state index is 6.00. The van der Waals surface area contributed by atoms with Crippen LogP contribution >= 0.6 is 22.9 Å². The van der Waals surface area contributed by atoms with Crippen LogP contribution in [-0.4, -0.2) is 27.5 Å². The highest BCUT2D eigenvalue weighted by Crippen LogP contribution is 2.27. The first-order chi connectivity index (χ1) is 15.2. The van der Waals surface area contributed by atoms with Gasteiger partial charge in [-0.3, -0.25) is 0 Å². The molecular weight excluding hydrogens is 426 g/mol. The number of hydrogen-bond acceptors (Lipinski definition) is 5. The van der Waals surface area contributed by atoms with Gasteiger partial charge in [-0.2, -0.15) is 0 Å². The van der Waals surface area contributed by atoms with E-state index in [9.17, 15) is 0 Å². The van der Waals surface area contributed by atoms with Crippen molar-refractivity contribution in [2.45, 2.75) is 26.3 Å². The highest BCUT2D eigenvalue weighted by Gasteiger charge is 2.14. The molecule has 1 aliphatic rings. The number of pyridine rings is 1. The van der Waals surface area contributed by atoms with E-state index in [-0.39, 0.29) is 0 Å². The zero-order chi connectivity index (χ0) is 21.2. The third-order valence-corrected chi connectivity index (χ3v) is 6.67. The number of nitrogens with zero attached hydrogens (tertiary/aromatic N) is 3. The second-order valence-corrected chi connectivity index (χ2v) is 8.88. The number of fused-ring (bicyclic) bond motifs is 1. The first-order valence-corrected chi connectivity index (χ1v) is 11.8. The molecule has 1 aliphatic heterocycles. The van der Waals surface area contributed by atoms with E-state index in [1.165, 1.54) is 16.8 Å². The molecule has 158 valence electrons. The molecule has 0 unspecified atom stereocenters. The third kappa shape index (κ3) is 4.24. The summed E-state index contributed by atoms with van der Waals surface area (Å²) in [5.74, 6) is 0. The lowest BCUT2D eigenvalue weighted by Crippen LogP contribution is -2.20. The molecule has 0 atom stereocenters. The topological polar surface area (TPSA) is 54.2 Å². The first-order valence-electron chi connectivity index (χ1n) is 10.6. The Morgan fingerprint density at radius 2 is 1.97 bits per heavy atom. The third-order valence-electron chi connectivity index (χ3n) is 5.62. The number of halogens is 1. The summed E-state index contributed by atoms with van der Waals surface area (Å²) in [4.78, 5) is 9.61. The van der Waals surface area contributed by atoms with Gasteiger partial charge in [0.2, 0.25) is 0 Å². The number of thiazole rings is 1. The Labute approximate surface area is 190 Å². The lowest BCUT2D eigenvalue weighted by molar-refractivity contribution is 0.738. The van der Waals surface area contributed by atoms with E-state index in [1.807, 2.05) is 24.3 Å². The van der Waals surface area contributed by atoms with Crippen LogP contribution in [0.3, 0.4) is 0 Å². The minimum atomic E-state index is 0.683. The zero-order valence-corrected chi connectivity index (χ0v) is 18.9. The summed E-state index contributed by atoms with van der Waals surface area (Å²) in [5.41, 5.74) is 8.01. The van der Waals surface area contributed by atoms with Crippen molar-refractivity contribution in [3.05, 3.63) is 76.0 Å². The first kappa shape index (κ1) is 20.2. The van der Waals surface area contributed by atoms with Crippen LogP contribution in [-0.2, 0) is 13.0 Å². The molecule has 2 N–H and O–H groups in total. The van der Waals surface area contributed by atoms with Gasteiger partial charge in [0.25, 0.3) is 0 Å². The number of imidazole rings is 1. The number of aryl methyl sites for hydroxylation is 1. The fourth-order valence-corrected chi connectivity index (χ4v) is 4.80. The number of nitrogens with one attached hydrogen (secondary N) is 2. The molecule has 4 heterocycles. The van der Waals surface area contributed by atoms with Gasteiger partial charge in [-0.15, -0.1) is 11.3 Å². The number of hydrogen-bond donors (Lipinski definition) is 2. The Hall–Kier alpha value is -2.67. The van der Waals surface area contributed by atoms with Crippen LogP contribution < -0.4 is 10.6 Å². The quantitative estimate of drug-likeness (QED) is 0.398. The monoisotopic (exact) mass is 449 g/mol. The van der Waals surface area contributed by atoms with Gasteiger partial charge in [0.05, 0.1) is 23.6 Å². The number of rotatable bonds is 6. The largest absolute Gasteiger partial charge is 0.356 e. The summed E-state index contributed by atoms with van der Waals surface area (Å²) in [7, 11) is 0. The number of aromatic nitrogens is 3. The van der Waals surface area contributed by atoms with E-state index in [0.29, 0.717) is 6.54 Å². The molecular formula is C24H24ClN5S. The SMILES string of the molecule is CCc1nc2ccc(C3=CCNCC3)cn2c1CNc1nc(-c2ccc(Cl)cc2)cs1. The van der Waals surface area contributed by atoms with E-state index in [4.69, 9.17) is 21.6 Å². The van der Waals surface area contributed by atoms with Crippen molar-refractivity contribution in [3.63, 3.8) is 0 Å². The molecule has 31 heavy (non-hydrogen) atoms. The van der Waals surface area contributed by atoms with Gasteiger partial charge in [-0.25, -0.2) is 9.97 Å². The molecule has 0 amide bonds. The van der Waals surface area contributed by atoms with E-state index in [0.717, 1.165) is 58.7 Å². The number of anilines is 1. The van der Waals surface area contributed by atoms with Crippen molar-refractivity contribution < 1.29 is 0 Å². The minimum absolute atomic E-state index is 0.683. The standard InChI is InChI=1S/C24H24ClN5S/c1-2-20-22(13-27-24-29-21(15-31-24)17-3-6-19(25)7-4-17)30-14-18(5-8-23(30)28-20)16-9-11-26-12-10-16/h3-9,14-15,26H,2,10-13H2,1H3,(H,27,29). The lowest BCUT2D eigenvalue weighted by atomic mass is 10.0. The summed E-state index contributed by atoms with van der Waals surface area (Å²) in [6.07, 6.45) is 6.47. The van der Waals surface area contributed by atoms with Gasteiger partial charge in [-0.05, 0) is 54.8 Å². The molecule has 0 spiro atoms. The van der Waals surface area contributed by atoms with Crippen molar-refractivity contribution in [1.82, 2.24) is 19.7 Å². The van der Waals surface area contributed by atoms with E-state index in [2.05, 4.69) is 51.7 Å². The zero-order valence-electron chi connectivity index (χ0n) is 17.4. The van der Waals surface area contributed by atoms with Crippen molar-refractivity contribution in [2.24, 2.45) is 0 Å². The van der Waals surface area contributed by atoms with Gasteiger partial charge < -0.3 is 15.0 Å². The van der Waals surface area contributed by atoms with E-state index in [1.54, 1.807) is 11.3 Å². The molecule has 5 nitrogen and oxygen atoms in total. The van der Waals surface area contributed by atoms with E-state index >= 15 is 0 Å². The summed E-state index contributed by atoms with van der Waals surface area (Å²) in [5, 5.41) is 10.6. The van der Waals surface area contributed by atoms with Gasteiger partial charge in [0.15, 0.2) is 5.13 Å². The molecule has 0 aliphatic carbocycles. The summed E-state index contributed by atoms with van der Waals surface area (Å²) < 4.78 is 2.23. The minimum Gasteiger partial charge on any atom is -0.356 e. The molecule has 0 saturated carbocycles. The highest BCUT2D eigenvalue weighted by atomic mass is 35.5. The van der Waals surface area contributed by atoms with Crippen LogP contribution in [0.25, 0.3) is 22.5 Å². The fraction of sp³-hybridized carbons (Fsp3) is 0.250. The molecule has 5 rings (SSSR count). The maximum atomic E-state index is 6.00. The summed E-state index contributed by atoms with van der Waals surface area (Å²) in [6, 6.07) is 12.1. The van der Waals surface area contributed by atoms with Crippen LogP contribution in [0, 0.1) is 0 Å². The lowest BCUT2D eigenvalue weighted by Gasteiger charge is -2.15. The van der Waals surface area contributed by atoms with Crippen LogP contribution in [0.5, 0.6) is 0 Å². The molecule has 3 aromatic heterocycles. The number of benzene rings is 1. The Morgan fingerprint density at radius 3 is 2.74 bits per heavy atom. The smallest absolute Gasteiger partial charge is 0.183 e. The predicted octanol–water partition coefficient (Wildman–Crippen LogP) is 5.66. The molecule has 0 saturated heterocycles. The van der Waals surface area contributed by atoms with Crippen molar-refractivity contribution >= 4 is 39.3 Å². The second-order valence-electron chi connectivity index (χ2n) is 7.59. The average molecular weight is 450 g/mol. The Balaban J connectivity index is 1.40. The van der Waals surface area contributed by atoms with Gasteiger partial charge >= 0.3 is 0 Å². The molecule has 0 bridgehead atoms. The normalized spacial score (nSPS) is 14.1. The Morgan fingerprint density at radius 1 is 1.13 bits per heavy atom. The Kier molecular flexibility index (Phi) is 5.76. The van der Waals surface area contributed by atoms with Gasteiger partial charge in [0.1, 0.15) is 5.65 Å². The maximum Gasteiger partial charge on any atom is 0.183 e. The fourth-order valence-electron chi connectivity index (χ4n) is 3.95. The van der Waals surface area contributed by atoms with Gasteiger partial charge in [0, 0.05) is 28.7 Å². The van der Waals surface area contributed by atoms with Crippen LogP contribution in [0.15, 0.2) is 54.1 Å². The summed E-state index contributed by atoms with van der Waals surface area (Å²) >= 11 is 7.62. The average Bonchev–Trinajstić information content (AvgIpc) is 3.42.